The number of aromatic nitrogens is 4. The Morgan fingerprint density at radius 1 is 0.921 bits per heavy atom. The zero-order chi connectivity index (χ0) is 26.3. The third-order valence-corrected chi connectivity index (χ3v) is 6.04. The van der Waals surface area contributed by atoms with E-state index in [-0.39, 0.29) is 17.6 Å². The number of anilines is 3. The van der Waals surface area contributed by atoms with Crippen molar-refractivity contribution in [3.8, 4) is 17.0 Å². The maximum Gasteiger partial charge on any atom is 0.414 e. The number of rotatable bonds is 8. The molecule has 0 aliphatic rings. The number of hydrogen-bond donors (Lipinski definition) is 3. The minimum atomic E-state index is -0.660. The highest BCUT2D eigenvalue weighted by atomic mass is 79.9. The van der Waals surface area contributed by atoms with Crippen molar-refractivity contribution < 1.29 is 13.9 Å². The lowest BCUT2D eigenvalue weighted by Gasteiger charge is -2.13. The zero-order valence-electron chi connectivity index (χ0n) is 19.9. The van der Waals surface area contributed by atoms with Crippen molar-refractivity contribution in [2.75, 3.05) is 23.7 Å². The van der Waals surface area contributed by atoms with E-state index in [9.17, 15) is 9.18 Å². The van der Waals surface area contributed by atoms with Crippen LogP contribution in [-0.4, -0.2) is 39.1 Å². The lowest BCUT2D eigenvalue weighted by atomic mass is 10.1. The van der Waals surface area contributed by atoms with Crippen LogP contribution in [0.25, 0.3) is 22.2 Å². The summed E-state index contributed by atoms with van der Waals surface area (Å²) in [5.74, 6) is 0.718. The molecule has 0 fully saturated rings. The Labute approximate surface area is 225 Å². The smallest absolute Gasteiger partial charge is 0.391 e. The summed E-state index contributed by atoms with van der Waals surface area (Å²) in [6.45, 7) is 0.765. The molecule has 38 heavy (non-hydrogen) atoms. The standard InChI is InChI=1S/C27H21BrFN7O2/c28-22-6-2-1-5-20(22)21-15-17-16-33-26(34-19-10-8-18(29)9-11-19)36-24(17)35-25(21)38-27(37)32-14-13-31-23-7-3-4-12-30-23/h1-12,15-16H,13-14H2,(H,30,31)(H,32,37)(H,33,34,35,36). The molecule has 2 aromatic carbocycles. The second-order valence-corrected chi connectivity index (χ2v) is 8.87. The van der Waals surface area contributed by atoms with E-state index in [4.69, 9.17) is 4.74 Å². The van der Waals surface area contributed by atoms with Crippen molar-refractivity contribution in [1.82, 2.24) is 25.3 Å². The van der Waals surface area contributed by atoms with Gasteiger partial charge in [0, 0.05) is 52.2 Å². The fourth-order valence-electron chi connectivity index (χ4n) is 3.57. The van der Waals surface area contributed by atoms with Crippen LogP contribution in [0.4, 0.5) is 26.6 Å². The van der Waals surface area contributed by atoms with E-state index in [2.05, 4.69) is 51.8 Å². The Morgan fingerprint density at radius 2 is 1.74 bits per heavy atom. The molecule has 0 aliphatic heterocycles. The normalized spacial score (nSPS) is 10.7. The van der Waals surface area contributed by atoms with Gasteiger partial charge in [0.25, 0.3) is 0 Å². The van der Waals surface area contributed by atoms with E-state index < -0.39 is 6.09 Å². The van der Waals surface area contributed by atoms with Crippen LogP contribution >= 0.6 is 15.9 Å². The minimum Gasteiger partial charge on any atom is -0.391 e. The van der Waals surface area contributed by atoms with Crippen LogP contribution < -0.4 is 20.7 Å². The van der Waals surface area contributed by atoms with Crippen molar-refractivity contribution in [2.45, 2.75) is 0 Å². The molecule has 190 valence electrons. The first-order chi connectivity index (χ1) is 18.5. The molecular formula is C27H21BrFN7O2. The summed E-state index contributed by atoms with van der Waals surface area (Å²) >= 11 is 3.56. The molecule has 0 atom stereocenters. The molecule has 0 spiro atoms. The van der Waals surface area contributed by atoms with Gasteiger partial charge < -0.3 is 20.7 Å². The van der Waals surface area contributed by atoms with Crippen molar-refractivity contribution >= 4 is 50.5 Å². The van der Waals surface area contributed by atoms with Crippen molar-refractivity contribution in [2.24, 2.45) is 0 Å². The van der Waals surface area contributed by atoms with Gasteiger partial charge in [-0.05, 0) is 48.5 Å². The van der Waals surface area contributed by atoms with Crippen molar-refractivity contribution in [3.63, 3.8) is 0 Å². The number of ether oxygens (including phenoxy) is 1. The molecule has 5 rings (SSSR count). The third kappa shape index (κ3) is 6.19. The number of hydrogen-bond acceptors (Lipinski definition) is 8. The molecule has 9 nitrogen and oxygen atoms in total. The monoisotopic (exact) mass is 573 g/mol. The number of pyridine rings is 2. The van der Waals surface area contributed by atoms with Gasteiger partial charge in [0.2, 0.25) is 11.8 Å². The second-order valence-electron chi connectivity index (χ2n) is 8.02. The molecule has 11 heteroatoms. The number of carbonyl (C=O) groups excluding carboxylic acids is 1. The highest BCUT2D eigenvalue weighted by Gasteiger charge is 2.17. The van der Waals surface area contributed by atoms with E-state index in [0.717, 1.165) is 10.0 Å². The molecule has 0 saturated carbocycles. The number of benzene rings is 2. The van der Waals surface area contributed by atoms with Gasteiger partial charge in [-0.2, -0.15) is 9.97 Å². The van der Waals surface area contributed by atoms with Crippen LogP contribution in [0.1, 0.15) is 0 Å². The highest BCUT2D eigenvalue weighted by molar-refractivity contribution is 9.10. The summed E-state index contributed by atoms with van der Waals surface area (Å²) in [5, 5.41) is 9.49. The summed E-state index contributed by atoms with van der Waals surface area (Å²) in [6.07, 6.45) is 2.64. The maximum atomic E-state index is 13.2. The number of amides is 1. The van der Waals surface area contributed by atoms with Crippen LogP contribution in [-0.2, 0) is 0 Å². The Hall–Kier alpha value is -4.64. The quantitative estimate of drug-likeness (QED) is 0.196. The molecule has 0 aliphatic carbocycles. The summed E-state index contributed by atoms with van der Waals surface area (Å²) < 4.78 is 19.7. The molecular weight excluding hydrogens is 553 g/mol. The summed E-state index contributed by atoms with van der Waals surface area (Å²) in [4.78, 5) is 30.2. The Morgan fingerprint density at radius 3 is 2.53 bits per heavy atom. The zero-order valence-corrected chi connectivity index (χ0v) is 21.4. The summed E-state index contributed by atoms with van der Waals surface area (Å²) in [7, 11) is 0. The van der Waals surface area contributed by atoms with Crippen LogP contribution in [0, 0.1) is 5.82 Å². The van der Waals surface area contributed by atoms with E-state index >= 15 is 0 Å². The maximum absolute atomic E-state index is 13.2. The van der Waals surface area contributed by atoms with Gasteiger partial charge >= 0.3 is 6.09 Å². The molecule has 0 unspecified atom stereocenters. The summed E-state index contributed by atoms with van der Waals surface area (Å²) in [5.41, 5.74) is 2.32. The molecule has 3 aromatic heterocycles. The van der Waals surface area contributed by atoms with Gasteiger partial charge in [-0.1, -0.05) is 40.2 Å². The van der Waals surface area contributed by atoms with Crippen LogP contribution in [0.15, 0.2) is 89.7 Å². The first-order valence-electron chi connectivity index (χ1n) is 11.6. The predicted octanol–water partition coefficient (Wildman–Crippen LogP) is 5.93. The fraction of sp³-hybridized carbons (Fsp3) is 0.0741. The van der Waals surface area contributed by atoms with Gasteiger partial charge in [0.05, 0.1) is 0 Å². The number of carbonyl (C=O) groups is 1. The van der Waals surface area contributed by atoms with E-state index in [1.807, 2.05) is 48.5 Å². The minimum absolute atomic E-state index is 0.0889. The highest BCUT2D eigenvalue weighted by Crippen LogP contribution is 2.36. The van der Waals surface area contributed by atoms with Crippen molar-refractivity contribution in [3.05, 3.63) is 95.5 Å². The average molecular weight is 574 g/mol. The Bertz CT molecular complexity index is 1570. The summed E-state index contributed by atoms with van der Waals surface area (Å²) in [6, 6.07) is 20.7. The average Bonchev–Trinajstić information content (AvgIpc) is 2.93. The number of nitrogens with zero attached hydrogens (tertiary/aromatic N) is 4. The molecule has 0 radical (unpaired) electrons. The molecule has 3 heterocycles. The van der Waals surface area contributed by atoms with Gasteiger partial charge in [-0.3, -0.25) is 0 Å². The van der Waals surface area contributed by atoms with Crippen LogP contribution in [0.2, 0.25) is 0 Å². The van der Waals surface area contributed by atoms with Crippen molar-refractivity contribution in [1.29, 1.82) is 0 Å². The number of nitrogens with one attached hydrogen (secondary N) is 3. The predicted molar refractivity (Wildman–Crippen MR) is 147 cm³/mol. The molecule has 0 bridgehead atoms. The Balaban J connectivity index is 1.38. The molecule has 1 amide bonds. The van der Waals surface area contributed by atoms with Gasteiger partial charge in [0.15, 0.2) is 5.65 Å². The van der Waals surface area contributed by atoms with E-state index in [1.54, 1.807) is 24.5 Å². The third-order valence-electron chi connectivity index (χ3n) is 5.35. The topological polar surface area (TPSA) is 114 Å². The lowest BCUT2D eigenvalue weighted by molar-refractivity contribution is 0.199. The Kier molecular flexibility index (Phi) is 7.65. The first kappa shape index (κ1) is 25.0. The van der Waals surface area contributed by atoms with Gasteiger partial charge in [-0.15, -0.1) is 0 Å². The van der Waals surface area contributed by atoms with Gasteiger partial charge in [0.1, 0.15) is 11.6 Å². The van der Waals surface area contributed by atoms with E-state index in [1.165, 1.54) is 12.1 Å². The second kappa shape index (κ2) is 11.6. The number of halogens is 2. The molecule has 0 saturated heterocycles. The largest absolute Gasteiger partial charge is 0.414 e. The first-order valence-corrected chi connectivity index (χ1v) is 12.4. The molecule has 3 N–H and O–H groups in total. The van der Waals surface area contributed by atoms with Gasteiger partial charge in [-0.25, -0.2) is 19.2 Å². The number of fused-ring (bicyclic) bond motifs is 1. The van der Waals surface area contributed by atoms with E-state index in [0.29, 0.717) is 41.2 Å². The molecule has 5 aromatic rings. The fourth-order valence-corrected chi connectivity index (χ4v) is 4.06. The van der Waals surface area contributed by atoms with Crippen LogP contribution in [0.5, 0.6) is 5.88 Å². The SMILES string of the molecule is O=C(NCCNc1ccccn1)Oc1nc2nc(Nc3ccc(F)cc3)ncc2cc1-c1ccccc1Br. The lowest BCUT2D eigenvalue weighted by Crippen LogP contribution is -2.31. The van der Waals surface area contributed by atoms with Crippen LogP contribution in [0.3, 0.4) is 0 Å².